The minimum Gasteiger partial charge on any atom is -0.348 e. The molecule has 0 spiro atoms. The molecule has 1 aromatic rings. The number of hydrogen-bond donors (Lipinski definition) is 1. The first-order valence-corrected chi connectivity index (χ1v) is 10.1. The third-order valence-electron chi connectivity index (χ3n) is 5.89. The Morgan fingerprint density at radius 1 is 1.11 bits per heavy atom. The van der Waals surface area contributed by atoms with Crippen LogP contribution in [0.15, 0.2) is 39.7 Å². The molecule has 0 bridgehead atoms. The standard InChI is InChI=1S/C21H26N4O2/c26-20-17-9-5-4-8-16(17)18(24-25-20)12-14-10-11-22-19(13-14)21(27)23-15-6-2-1-3-7-15/h10-11,13,15,18H,1-9,12H2,(H,23,27). The van der Waals surface area contributed by atoms with Crippen molar-refractivity contribution in [2.75, 3.05) is 0 Å². The van der Waals surface area contributed by atoms with Gasteiger partial charge in [-0.05, 0) is 61.8 Å². The Morgan fingerprint density at radius 2 is 1.93 bits per heavy atom. The van der Waals surface area contributed by atoms with Crippen molar-refractivity contribution in [1.82, 2.24) is 10.3 Å². The van der Waals surface area contributed by atoms with E-state index >= 15 is 0 Å². The van der Waals surface area contributed by atoms with Crippen LogP contribution in [0.4, 0.5) is 0 Å². The van der Waals surface area contributed by atoms with Crippen molar-refractivity contribution in [3.8, 4) is 0 Å². The fraction of sp³-hybridized carbons (Fsp3) is 0.571. The van der Waals surface area contributed by atoms with E-state index in [1.54, 1.807) is 6.20 Å². The van der Waals surface area contributed by atoms with E-state index in [1.165, 1.54) is 19.3 Å². The van der Waals surface area contributed by atoms with Crippen LogP contribution in [-0.2, 0) is 11.2 Å². The van der Waals surface area contributed by atoms with Gasteiger partial charge in [0.2, 0.25) is 0 Å². The largest absolute Gasteiger partial charge is 0.348 e. The van der Waals surface area contributed by atoms with Crippen molar-refractivity contribution in [2.24, 2.45) is 10.2 Å². The number of pyridine rings is 1. The summed E-state index contributed by atoms with van der Waals surface area (Å²) in [5.74, 6) is -0.259. The highest BCUT2D eigenvalue weighted by atomic mass is 16.2. The Balaban J connectivity index is 1.46. The number of carbonyl (C=O) groups is 2. The van der Waals surface area contributed by atoms with Gasteiger partial charge in [-0.1, -0.05) is 19.3 Å². The van der Waals surface area contributed by atoms with Crippen LogP contribution >= 0.6 is 0 Å². The summed E-state index contributed by atoms with van der Waals surface area (Å²) in [6.45, 7) is 0. The van der Waals surface area contributed by atoms with Crippen LogP contribution in [0.3, 0.4) is 0 Å². The molecule has 1 saturated carbocycles. The smallest absolute Gasteiger partial charge is 0.291 e. The van der Waals surface area contributed by atoms with Crippen molar-refractivity contribution in [3.05, 3.63) is 40.7 Å². The van der Waals surface area contributed by atoms with Crippen molar-refractivity contribution in [2.45, 2.75) is 76.3 Å². The van der Waals surface area contributed by atoms with Crippen LogP contribution in [0.2, 0.25) is 0 Å². The molecule has 0 radical (unpaired) electrons. The summed E-state index contributed by atoms with van der Waals surface area (Å²) in [4.78, 5) is 28.8. The van der Waals surface area contributed by atoms with Gasteiger partial charge in [0.05, 0.1) is 6.04 Å². The zero-order valence-corrected chi connectivity index (χ0v) is 15.6. The van der Waals surface area contributed by atoms with E-state index in [-0.39, 0.29) is 23.9 Å². The molecule has 0 aromatic carbocycles. The maximum absolute atomic E-state index is 12.6. The summed E-state index contributed by atoms with van der Waals surface area (Å²) >= 11 is 0. The first-order chi connectivity index (χ1) is 13.2. The van der Waals surface area contributed by atoms with Crippen LogP contribution in [0.25, 0.3) is 0 Å². The van der Waals surface area contributed by atoms with Gasteiger partial charge in [0.1, 0.15) is 5.69 Å². The van der Waals surface area contributed by atoms with Crippen molar-refractivity contribution >= 4 is 11.8 Å². The first-order valence-electron chi connectivity index (χ1n) is 10.1. The lowest BCUT2D eigenvalue weighted by Gasteiger charge is -2.26. The van der Waals surface area contributed by atoms with Crippen LogP contribution < -0.4 is 5.32 Å². The number of carbonyl (C=O) groups excluding carboxylic acids is 2. The third-order valence-corrected chi connectivity index (χ3v) is 5.89. The SMILES string of the molecule is O=C1N=NC(Cc2ccnc(C(=O)NC3CCCCC3)c2)C2=C1CCCC2. The molecule has 1 atom stereocenters. The molecule has 2 heterocycles. The number of rotatable bonds is 4. The molecule has 2 aliphatic carbocycles. The second kappa shape index (κ2) is 8.11. The van der Waals surface area contributed by atoms with E-state index in [1.807, 2.05) is 12.1 Å². The molecule has 3 aliphatic rings. The van der Waals surface area contributed by atoms with E-state index in [0.717, 1.165) is 55.2 Å². The molecule has 1 aromatic heterocycles. The fourth-order valence-electron chi connectivity index (χ4n) is 4.41. The average Bonchev–Trinajstić information content (AvgIpc) is 2.71. The number of aromatic nitrogens is 1. The van der Waals surface area contributed by atoms with Gasteiger partial charge in [-0.15, -0.1) is 5.11 Å². The van der Waals surface area contributed by atoms with Crippen molar-refractivity contribution in [1.29, 1.82) is 0 Å². The van der Waals surface area contributed by atoms with Crippen LogP contribution in [-0.4, -0.2) is 28.9 Å². The lowest BCUT2D eigenvalue weighted by Crippen LogP contribution is -2.36. The van der Waals surface area contributed by atoms with Crippen molar-refractivity contribution < 1.29 is 9.59 Å². The molecular formula is C21H26N4O2. The van der Waals surface area contributed by atoms with E-state index in [9.17, 15) is 9.59 Å². The van der Waals surface area contributed by atoms with Crippen LogP contribution in [0.1, 0.15) is 73.8 Å². The molecule has 142 valence electrons. The molecule has 27 heavy (non-hydrogen) atoms. The van der Waals surface area contributed by atoms with Gasteiger partial charge in [0.25, 0.3) is 11.8 Å². The van der Waals surface area contributed by atoms with E-state index in [0.29, 0.717) is 12.1 Å². The lowest BCUT2D eigenvalue weighted by molar-refractivity contribution is -0.115. The van der Waals surface area contributed by atoms with E-state index in [4.69, 9.17) is 0 Å². The van der Waals surface area contributed by atoms with Gasteiger partial charge in [0, 0.05) is 24.2 Å². The summed E-state index contributed by atoms with van der Waals surface area (Å²) in [6, 6.07) is 3.96. The van der Waals surface area contributed by atoms with Crippen LogP contribution in [0, 0.1) is 0 Å². The fourth-order valence-corrected chi connectivity index (χ4v) is 4.41. The van der Waals surface area contributed by atoms with Crippen molar-refractivity contribution in [3.63, 3.8) is 0 Å². The minimum atomic E-state index is -0.164. The topological polar surface area (TPSA) is 83.8 Å². The average molecular weight is 366 g/mol. The molecule has 6 heteroatoms. The van der Waals surface area contributed by atoms with E-state index < -0.39 is 0 Å². The van der Waals surface area contributed by atoms with Crippen LogP contribution in [0.5, 0.6) is 0 Å². The molecule has 1 unspecified atom stereocenters. The Hall–Kier alpha value is -2.37. The Bertz CT molecular complexity index is 793. The number of hydrogen-bond acceptors (Lipinski definition) is 4. The van der Waals surface area contributed by atoms with Gasteiger partial charge in [-0.3, -0.25) is 14.6 Å². The highest BCUT2D eigenvalue weighted by Gasteiger charge is 2.29. The molecule has 1 fully saturated rings. The van der Waals surface area contributed by atoms with Gasteiger partial charge < -0.3 is 5.32 Å². The quantitative estimate of drug-likeness (QED) is 0.876. The summed E-state index contributed by atoms with van der Waals surface area (Å²) in [6.07, 6.45) is 12.0. The third kappa shape index (κ3) is 4.15. The molecule has 1 N–H and O–H groups in total. The maximum Gasteiger partial charge on any atom is 0.291 e. The zero-order valence-electron chi connectivity index (χ0n) is 15.6. The normalized spacial score (nSPS) is 23.3. The summed E-state index contributed by atoms with van der Waals surface area (Å²) in [5, 5.41) is 11.2. The zero-order chi connectivity index (χ0) is 18.6. The minimum absolute atomic E-state index is 0.0883. The van der Waals surface area contributed by atoms with E-state index in [2.05, 4.69) is 20.5 Å². The molecule has 0 saturated heterocycles. The lowest BCUT2D eigenvalue weighted by atomic mass is 9.84. The predicted octanol–water partition coefficient (Wildman–Crippen LogP) is 3.92. The number of azo groups is 1. The highest BCUT2D eigenvalue weighted by molar-refractivity contribution is 5.95. The van der Waals surface area contributed by atoms with Gasteiger partial charge in [-0.2, -0.15) is 5.11 Å². The molecule has 4 rings (SSSR count). The summed E-state index contributed by atoms with van der Waals surface area (Å²) < 4.78 is 0. The molecule has 2 amide bonds. The highest BCUT2D eigenvalue weighted by Crippen LogP contribution is 2.33. The van der Waals surface area contributed by atoms with Gasteiger partial charge >= 0.3 is 0 Å². The molecule has 6 nitrogen and oxygen atoms in total. The Morgan fingerprint density at radius 3 is 2.78 bits per heavy atom. The number of nitrogens with zero attached hydrogens (tertiary/aromatic N) is 3. The summed E-state index contributed by atoms with van der Waals surface area (Å²) in [5.41, 5.74) is 3.48. The number of amides is 2. The monoisotopic (exact) mass is 366 g/mol. The maximum atomic E-state index is 12.6. The van der Waals surface area contributed by atoms with Gasteiger partial charge in [0.15, 0.2) is 0 Å². The Labute approximate surface area is 159 Å². The summed E-state index contributed by atoms with van der Waals surface area (Å²) in [7, 11) is 0. The predicted molar refractivity (Wildman–Crippen MR) is 101 cm³/mol. The second-order valence-electron chi connectivity index (χ2n) is 7.81. The van der Waals surface area contributed by atoms with Gasteiger partial charge in [-0.25, -0.2) is 0 Å². The second-order valence-corrected chi connectivity index (χ2v) is 7.81. The number of nitrogens with one attached hydrogen (secondary N) is 1. The first kappa shape index (κ1) is 18.0. The molecule has 1 aliphatic heterocycles. The molecular weight excluding hydrogens is 340 g/mol. The Kier molecular flexibility index (Phi) is 5.41.